The highest BCUT2D eigenvalue weighted by atomic mass is 15.4. The molecule has 2 bridgehead atoms. The molecule has 2 aliphatic rings. The summed E-state index contributed by atoms with van der Waals surface area (Å²) < 4.78 is 0. The Kier molecular flexibility index (Phi) is 3.33. The van der Waals surface area contributed by atoms with Gasteiger partial charge in [0.15, 0.2) is 0 Å². The van der Waals surface area contributed by atoms with Gasteiger partial charge in [-0.1, -0.05) is 13.3 Å². The summed E-state index contributed by atoms with van der Waals surface area (Å²) in [5.41, 5.74) is 0.414. The summed E-state index contributed by atoms with van der Waals surface area (Å²) in [5, 5.41) is 0. The number of likely N-dealkylation sites (tertiary alicyclic amines) is 2. The Hall–Kier alpha value is -0.0800. The van der Waals surface area contributed by atoms with Crippen molar-refractivity contribution in [3.05, 3.63) is 0 Å². The van der Waals surface area contributed by atoms with E-state index in [1.165, 1.54) is 32.4 Å². The molecular formula is C14H28N2. The molecule has 2 saturated heterocycles. The second-order valence-corrected chi connectivity index (χ2v) is 6.55. The van der Waals surface area contributed by atoms with Gasteiger partial charge in [-0.3, -0.25) is 9.80 Å². The molecule has 0 aromatic carbocycles. The Morgan fingerprint density at radius 1 is 1.19 bits per heavy atom. The molecule has 0 aromatic rings. The van der Waals surface area contributed by atoms with Gasteiger partial charge in [0.05, 0.1) is 0 Å². The molecule has 0 aromatic heterocycles. The van der Waals surface area contributed by atoms with Crippen LogP contribution in [0.1, 0.15) is 53.9 Å². The Labute approximate surface area is 101 Å². The van der Waals surface area contributed by atoms with Gasteiger partial charge in [-0.05, 0) is 40.5 Å². The predicted octanol–water partition coefficient (Wildman–Crippen LogP) is 2.73. The highest BCUT2D eigenvalue weighted by molar-refractivity contribution is 5.04. The van der Waals surface area contributed by atoms with Crippen molar-refractivity contribution in [1.82, 2.24) is 9.80 Å². The van der Waals surface area contributed by atoms with Crippen LogP contribution in [0.4, 0.5) is 0 Å². The number of fused-ring (bicyclic) bond motifs is 2. The third-order valence-electron chi connectivity index (χ3n) is 4.59. The fourth-order valence-electron chi connectivity index (χ4n) is 3.83. The third kappa shape index (κ3) is 2.02. The molecule has 0 N–H and O–H groups in total. The van der Waals surface area contributed by atoms with E-state index < -0.39 is 0 Å². The van der Waals surface area contributed by atoms with Crippen LogP contribution in [0, 0.1) is 0 Å². The molecule has 0 unspecified atom stereocenters. The van der Waals surface area contributed by atoms with E-state index in [1.807, 2.05) is 0 Å². The molecular weight excluding hydrogens is 196 g/mol. The SMILES string of the molecule is CCCC(C)(C)N1C[C@@H]2C[C@H]1CN2C(C)C. The van der Waals surface area contributed by atoms with Gasteiger partial charge in [0, 0.05) is 36.8 Å². The van der Waals surface area contributed by atoms with E-state index in [-0.39, 0.29) is 0 Å². The summed E-state index contributed by atoms with van der Waals surface area (Å²) in [6.07, 6.45) is 4.04. The van der Waals surface area contributed by atoms with Gasteiger partial charge in [0.25, 0.3) is 0 Å². The summed E-state index contributed by atoms with van der Waals surface area (Å²) >= 11 is 0. The minimum absolute atomic E-state index is 0.414. The molecule has 0 spiro atoms. The van der Waals surface area contributed by atoms with Crippen molar-refractivity contribution in [2.24, 2.45) is 0 Å². The van der Waals surface area contributed by atoms with Crippen LogP contribution in [0.25, 0.3) is 0 Å². The lowest BCUT2D eigenvalue weighted by Crippen LogP contribution is -2.55. The van der Waals surface area contributed by atoms with Crippen molar-refractivity contribution in [3.63, 3.8) is 0 Å². The first kappa shape index (κ1) is 12.4. The van der Waals surface area contributed by atoms with E-state index in [0.29, 0.717) is 5.54 Å². The van der Waals surface area contributed by atoms with E-state index in [9.17, 15) is 0 Å². The number of piperazine rings is 1. The summed E-state index contributed by atoms with van der Waals surface area (Å²) in [5.74, 6) is 0. The lowest BCUT2D eigenvalue weighted by molar-refractivity contribution is 0.0314. The van der Waals surface area contributed by atoms with Gasteiger partial charge in [-0.15, -0.1) is 0 Å². The van der Waals surface area contributed by atoms with E-state index in [0.717, 1.165) is 18.1 Å². The second kappa shape index (κ2) is 4.30. The first-order chi connectivity index (χ1) is 7.45. The summed E-state index contributed by atoms with van der Waals surface area (Å²) in [6.45, 7) is 14.4. The van der Waals surface area contributed by atoms with Gasteiger partial charge < -0.3 is 0 Å². The maximum Gasteiger partial charge on any atom is 0.0244 e. The van der Waals surface area contributed by atoms with Crippen LogP contribution >= 0.6 is 0 Å². The molecule has 16 heavy (non-hydrogen) atoms. The molecule has 0 saturated carbocycles. The molecule has 2 heterocycles. The molecule has 0 aliphatic carbocycles. The quantitative estimate of drug-likeness (QED) is 0.724. The van der Waals surface area contributed by atoms with Crippen LogP contribution in [0.2, 0.25) is 0 Å². The van der Waals surface area contributed by atoms with E-state index >= 15 is 0 Å². The molecule has 2 heteroatoms. The first-order valence-corrected chi connectivity index (χ1v) is 6.98. The molecule has 2 nitrogen and oxygen atoms in total. The van der Waals surface area contributed by atoms with Gasteiger partial charge in [-0.25, -0.2) is 0 Å². The van der Waals surface area contributed by atoms with Crippen molar-refractivity contribution in [1.29, 1.82) is 0 Å². The van der Waals surface area contributed by atoms with Gasteiger partial charge >= 0.3 is 0 Å². The number of hydrogen-bond donors (Lipinski definition) is 0. The molecule has 94 valence electrons. The predicted molar refractivity (Wildman–Crippen MR) is 69.7 cm³/mol. The van der Waals surface area contributed by atoms with E-state index in [4.69, 9.17) is 0 Å². The second-order valence-electron chi connectivity index (χ2n) is 6.55. The zero-order valence-corrected chi connectivity index (χ0v) is 11.7. The van der Waals surface area contributed by atoms with E-state index in [2.05, 4.69) is 44.4 Å². The fourth-order valence-corrected chi connectivity index (χ4v) is 3.83. The third-order valence-corrected chi connectivity index (χ3v) is 4.59. The standard InChI is InChI=1S/C14H28N2/c1-6-7-14(4,5)16-10-12-8-13(16)9-15(12)11(2)3/h11-13H,6-10H2,1-5H3/t12-,13-/m0/s1. The monoisotopic (exact) mass is 224 g/mol. The molecule has 2 aliphatic heterocycles. The van der Waals surface area contributed by atoms with Gasteiger partial charge in [-0.2, -0.15) is 0 Å². The first-order valence-electron chi connectivity index (χ1n) is 6.98. The van der Waals surface area contributed by atoms with Crippen molar-refractivity contribution in [2.75, 3.05) is 13.1 Å². The molecule has 2 rings (SSSR count). The zero-order chi connectivity index (χ0) is 11.9. The van der Waals surface area contributed by atoms with Crippen molar-refractivity contribution < 1.29 is 0 Å². The highest BCUT2D eigenvalue weighted by Gasteiger charge is 2.48. The van der Waals surface area contributed by atoms with Crippen LogP contribution in [0.5, 0.6) is 0 Å². The minimum atomic E-state index is 0.414. The average Bonchev–Trinajstić information content (AvgIpc) is 2.75. The Morgan fingerprint density at radius 3 is 2.31 bits per heavy atom. The Bertz CT molecular complexity index is 247. The lowest BCUT2D eigenvalue weighted by Gasteiger charge is -2.45. The summed E-state index contributed by atoms with van der Waals surface area (Å²) in [4.78, 5) is 5.48. The van der Waals surface area contributed by atoms with Gasteiger partial charge in [0.2, 0.25) is 0 Å². The number of hydrogen-bond acceptors (Lipinski definition) is 2. The molecule has 0 radical (unpaired) electrons. The van der Waals surface area contributed by atoms with Crippen molar-refractivity contribution in [2.45, 2.75) is 77.5 Å². The molecule has 2 atom stereocenters. The van der Waals surface area contributed by atoms with Gasteiger partial charge in [0.1, 0.15) is 0 Å². The smallest absolute Gasteiger partial charge is 0.0244 e. The topological polar surface area (TPSA) is 6.48 Å². The lowest BCUT2D eigenvalue weighted by atomic mass is 9.95. The van der Waals surface area contributed by atoms with Crippen LogP contribution in [-0.4, -0.2) is 46.6 Å². The maximum absolute atomic E-state index is 2.78. The van der Waals surface area contributed by atoms with Crippen LogP contribution in [-0.2, 0) is 0 Å². The minimum Gasteiger partial charge on any atom is -0.295 e. The molecule has 2 fully saturated rings. The highest BCUT2D eigenvalue weighted by Crippen LogP contribution is 2.38. The Morgan fingerprint density at radius 2 is 1.88 bits per heavy atom. The fraction of sp³-hybridized carbons (Fsp3) is 1.00. The van der Waals surface area contributed by atoms with E-state index in [1.54, 1.807) is 0 Å². The van der Waals surface area contributed by atoms with Crippen LogP contribution < -0.4 is 0 Å². The zero-order valence-electron chi connectivity index (χ0n) is 11.7. The normalized spacial score (nSPS) is 31.9. The average molecular weight is 224 g/mol. The van der Waals surface area contributed by atoms with Crippen molar-refractivity contribution >= 4 is 0 Å². The van der Waals surface area contributed by atoms with Crippen LogP contribution in [0.15, 0.2) is 0 Å². The summed E-state index contributed by atoms with van der Waals surface area (Å²) in [6, 6.07) is 2.39. The number of nitrogens with zero attached hydrogens (tertiary/aromatic N) is 2. The largest absolute Gasteiger partial charge is 0.295 e. The maximum atomic E-state index is 2.78. The number of rotatable bonds is 4. The Balaban J connectivity index is 2.00. The van der Waals surface area contributed by atoms with Crippen LogP contribution in [0.3, 0.4) is 0 Å². The molecule has 0 amide bonds. The summed E-state index contributed by atoms with van der Waals surface area (Å²) in [7, 11) is 0. The van der Waals surface area contributed by atoms with Crippen molar-refractivity contribution in [3.8, 4) is 0 Å².